The standard InChI is InChI=1S/C9H9NO/c1-8(7-11)6-9-4-2-3-5-10-9/h2-7H,1H3/b8-6-. The van der Waals surface area contributed by atoms with Crippen LogP contribution in [0.4, 0.5) is 0 Å². The minimum Gasteiger partial charge on any atom is -0.298 e. The molecule has 1 aromatic heterocycles. The van der Waals surface area contributed by atoms with Crippen LogP contribution < -0.4 is 0 Å². The second-order valence-electron chi connectivity index (χ2n) is 2.26. The smallest absolute Gasteiger partial charge is 0.145 e. The van der Waals surface area contributed by atoms with E-state index in [1.807, 2.05) is 18.2 Å². The van der Waals surface area contributed by atoms with Gasteiger partial charge in [0.2, 0.25) is 0 Å². The molecule has 0 atom stereocenters. The minimum absolute atomic E-state index is 0.684. The highest BCUT2D eigenvalue weighted by atomic mass is 16.1. The van der Waals surface area contributed by atoms with E-state index < -0.39 is 0 Å². The van der Waals surface area contributed by atoms with Gasteiger partial charge in [-0.3, -0.25) is 9.78 Å². The lowest BCUT2D eigenvalue weighted by molar-refractivity contribution is -0.104. The topological polar surface area (TPSA) is 30.0 Å². The van der Waals surface area contributed by atoms with Crippen molar-refractivity contribution in [2.75, 3.05) is 0 Å². The Morgan fingerprint density at radius 2 is 2.36 bits per heavy atom. The molecule has 0 aliphatic carbocycles. The zero-order valence-electron chi connectivity index (χ0n) is 6.32. The van der Waals surface area contributed by atoms with E-state index in [0.29, 0.717) is 5.57 Å². The van der Waals surface area contributed by atoms with Crippen LogP contribution >= 0.6 is 0 Å². The highest BCUT2D eigenvalue weighted by Crippen LogP contribution is 1.99. The van der Waals surface area contributed by atoms with E-state index >= 15 is 0 Å². The van der Waals surface area contributed by atoms with Gasteiger partial charge in [0.15, 0.2) is 0 Å². The largest absolute Gasteiger partial charge is 0.298 e. The molecule has 0 saturated carbocycles. The SMILES string of the molecule is C/C(C=O)=C/c1ccccn1. The molecule has 0 aliphatic rings. The summed E-state index contributed by atoms with van der Waals surface area (Å²) >= 11 is 0. The lowest BCUT2D eigenvalue weighted by Crippen LogP contribution is -1.80. The van der Waals surface area contributed by atoms with Crippen molar-refractivity contribution in [3.05, 3.63) is 35.7 Å². The van der Waals surface area contributed by atoms with Crippen molar-refractivity contribution in [3.8, 4) is 0 Å². The molecule has 0 radical (unpaired) electrons. The summed E-state index contributed by atoms with van der Waals surface area (Å²) in [5.74, 6) is 0. The van der Waals surface area contributed by atoms with Crippen molar-refractivity contribution in [2.24, 2.45) is 0 Å². The number of rotatable bonds is 2. The van der Waals surface area contributed by atoms with Gasteiger partial charge >= 0.3 is 0 Å². The number of allylic oxidation sites excluding steroid dienone is 1. The van der Waals surface area contributed by atoms with Crippen molar-refractivity contribution < 1.29 is 4.79 Å². The molecule has 0 spiro atoms. The molecule has 0 amide bonds. The van der Waals surface area contributed by atoms with Gasteiger partial charge in [-0.1, -0.05) is 6.07 Å². The Hall–Kier alpha value is -1.44. The van der Waals surface area contributed by atoms with Crippen LogP contribution in [0, 0.1) is 0 Å². The lowest BCUT2D eigenvalue weighted by atomic mass is 10.2. The molecule has 0 N–H and O–H groups in total. The molecule has 0 unspecified atom stereocenters. The maximum atomic E-state index is 10.2. The van der Waals surface area contributed by atoms with Gasteiger partial charge in [-0.2, -0.15) is 0 Å². The molecule has 1 heterocycles. The minimum atomic E-state index is 0.684. The van der Waals surface area contributed by atoms with Gasteiger partial charge in [0.25, 0.3) is 0 Å². The number of carbonyl (C=O) groups excluding carboxylic acids is 1. The van der Waals surface area contributed by atoms with Crippen LogP contribution in [0.15, 0.2) is 30.0 Å². The Morgan fingerprint density at radius 1 is 1.55 bits per heavy atom. The first-order chi connectivity index (χ1) is 5.33. The van der Waals surface area contributed by atoms with E-state index in [1.165, 1.54) is 0 Å². The third-order valence-electron chi connectivity index (χ3n) is 1.25. The Labute approximate surface area is 65.6 Å². The van der Waals surface area contributed by atoms with E-state index in [0.717, 1.165) is 12.0 Å². The summed E-state index contributed by atoms with van der Waals surface area (Å²) in [6, 6.07) is 5.58. The normalized spacial score (nSPS) is 11.2. The van der Waals surface area contributed by atoms with Crippen LogP contribution in [-0.4, -0.2) is 11.3 Å². The third kappa shape index (κ3) is 2.34. The monoisotopic (exact) mass is 147 g/mol. The van der Waals surface area contributed by atoms with Gasteiger partial charge in [0, 0.05) is 6.20 Å². The average Bonchev–Trinajstić information content (AvgIpc) is 2.06. The Bertz CT molecular complexity index is 264. The lowest BCUT2D eigenvalue weighted by Gasteiger charge is -1.90. The van der Waals surface area contributed by atoms with Crippen molar-refractivity contribution in [3.63, 3.8) is 0 Å². The van der Waals surface area contributed by atoms with Crippen LogP contribution in [0.25, 0.3) is 6.08 Å². The first kappa shape index (κ1) is 7.66. The predicted octanol–water partition coefficient (Wildman–Crippen LogP) is 1.68. The summed E-state index contributed by atoms with van der Waals surface area (Å²) in [4.78, 5) is 14.2. The zero-order valence-corrected chi connectivity index (χ0v) is 6.32. The number of hydrogen-bond acceptors (Lipinski definition) is 2. The fourth-order valence-electron chi connectivity index (χ4n) is 0.729. The number of aromatic nitrogens is 1. The quantitative estimate of drug-likeness (QED) is 0.470. The number of aldehydes is 1. The molecule has 1 rings (SSSR count). The molecular formula is C9H9NO. The van der Waals surface area contributed by atoms with Crippen molar-refractivity contribution in [2.45, 2.75) is 6.92 Å². The van der Waals surface area contributed by atoms with E-state index in [4.69, 9.17) is 0 Å². The zero-order chi connectivity index (χ0) is 8.10. The highest BCUT2D eigenvalue weighted by molar-refractivity contribution is 5.79. The molecule has 0 aromatic carbocycles. The van der Waals surface area contributed by atoms with Crippen molar-refractivity contribution in [1.29, 1.82) is 0 Å². The summed E-state index contributed by atoms with van der Waals surface area (Å²) in [7, 11) is 0. The fraction of sp³-hybridized carbons (Fsp3) is 0.111. The van der Waals surface area contributed by atoms with E-state index in [2.05, 4.69) is 4.98 Å². The molecular weight excluding hydrogens is 138 g/mol. The van der Waals surface area contributed by atoms with Gasteiger partial charge in [-0.15, -0.1) is 0 Å². The molecule has 0 fully saturated rings. The summed E-state index contributed by atoms with van der Waals surface area (Å²) < 4.78 is 0. The molecule has 0 bridgehead atoms. The first-order valence-corrected chi connectivity index (χ1v) is 3.37. The summed E-state index contributed by atoms with van der Waals surface area (Å²) in [5.41, 5.74) is 1.50. The van der Waals surface area contributed by atoms with Crippen LogP contribution in [0.5, 0.6) is 0 Å². The van der Waals surface area contributed by atoms with Crippen LogP contribution in [-0.2, 0) is 4.79 Å². The van der Waals surface area contributed by atoms with E-state index in [9.17, 15) is 4.79 Å². The molecule has 2 nitrogen and oxygen atoms in total. The second kappa shape index (κ2) is 3.66. The number of carbonyl (C=O) groups is 1. The molecule has 56 valence electrons. The predicted molar refractivity (Wildman–Crippen MR) is 44.0 cm³/mol. The maximum Gasteiger partial charge on any atom is 0.145 e. The maximum absolute atomic E-state index is 10.2. The Balaban J connectivity index is 2.87. The van der Waals surface area contributed by atoms with Crippen LogP contribution in [0.2, 0.25) is 0 Å². The Morgan fingerprint density at radius 3 is 2.91 bits per heavy atom. The van der Waals surface area contributed by atoms with Crippen molar-refractivity contribution in [1.82, 2.24) is 4.98 Å². The fourth-order valence-corrected chi connectivity index (χ4v) is 0.729. The Kier molecular flexibility index (Phi) is 2.55. The van der Waals surface area contributed by atoms with Gasteiger partial charge < -0.3 is 0 Å². The van der Waals surface area contributed by atoms with Gasteiger partial charge in [-0.25, -0.2) is 0 Å². The van der Waals surface area contributed by atoms with E-state index in [-0.39, 0.29) is 0 Å². The molecule has 11 heavy (non-hydrogen) atoms. The van der Waals surface area contributed by atoms with Crippen molar-refractivity contribution >= 4 is 12.4 Å². The summed E-state index contributed by atoms with van der Waals surface area (Å²) in [5, 5.41) is 0. The number of nitrogens with zero attached hydrogens (tertiary/aromatic N) is 1. The van der Waals surface area contributed by atoms with Gasteiger partial charge in [0.1, 0.15) is 6.29 Å². The second-order valence-corrected chi connectivity index (χ2v) is 2.26. The van der Waals surface area contributed by atoms with Gasteiger partial charge in [-0.05, 0) is 30.7 Å². The summed E-state index contributed by atoms with van der Waals surface area (Å²) in [6.07, 6.45) is 4.26. The number of hydrogen-bond donors (Lipinski definition) is 0. The van der Waals surface area contributed by atoms with Gasteiger partial charge in [0.05, 0.1) is 5.69 Å². The molecule has 0 aliphatic heterocycles. The van der Waals surface area contributed by atoms with Crippen LogP contribution in [0.3, 0.4) is 0 Å². The molecule has 1 aromatic rings. The highest BCUT2D eigenvalue weighted by Gasteiger charge is 1.87. The summed E-state index contributed by atoms with van der Waals surface area (Å²) in [6.45, 7) is 1.75. The molecule has 2 heteroatoms. The average molecular weight is 147 g/mol. The molecule has 0 saturated heterocycles. The van der Waals surface area contributed by atoms with E-state index in [1.54, 1.807) is 19.2 Å². The van der Waals surface area contributed by atoms with Crippen LogP contribution in [0.1, 0.15) is 12.6 Å². The third-order valence-corrected chi connectivity index (χ3v) is 1.25. The number of pyridine rings is 1. The first-order valence-electron chi connectivity index (χ1n) is 3.37.